The lowest BCUT2D eigenvalue weighted by atomic mass is 9.44. The summed E-state index contributed by atoms with van der Waals surface area (Å²) < 4.78 is 63.5. The third kappa shape index (κ3) is 5.67. The Labute approximate surface area is 275 Å². The Morgan fingerprint density at radius 2 is 1.91 bits per heavy atom. The lowest BCUT2D eigenvalue weighted by Crippen LogP contribution is -2.70. The Morgan fingerprint density at radius 3 is 2.57 bits per heavy atom. The number of halogens is 3. The number of aliphatic hydroxyl groups is 1. The topological polar surface area (TPSA) is 120 Å². The monoisotopic (exact) mass is 676 g/mol. The highest BCUT2D eigenvalue weighted by molar-refractivity contribution is 8.14. The van der Waals surface area contributed by atoms with Crippen LogP contribution in [0.3, 0.4) is 0 Å². The van der Waals surface area contributed by atoms with Gasteiger partial charge in [-0.3, -0.25) is 14.4 Å². The molecule has 3 saturated carbocycles. The average Bonchev–Trinajstić information content (AvgIpc) is 3.59. The van der Waals surface area contributed by atoms with Crippen LogP contribution in [-0.4, -0.2) is 69.5 Å². The molecular weight excluding hydrogens is 637 g/mol. The summed E-state index contributed by atoms with van der Waals surface area (Å²) in [6, 6.07) is 2.87. The number of carbonyl (C=O) groups excluding carboxylic acids is 4. The number of rotatable bonds is 7. The lowest BCUT2D eigenvalue weighted by Gasteiger charge is -2.63. The van der Waals surface area contributed by atoms with E-state index in [1.807, 2.05) is 0 Å². The summed E-state index contributed by atoms with van der Waals surface area (Å²) in [6.07, 6.45) is 0.679. The number of furan rings is 1. The quantitative estimate of drug-likeness (QED) is 0.287. The van der Waals surface area contributed by atoms with Crippen LogP contribution in [0.4, 0.5) is 13.2 Å². The minimum Gasteiger partial charge on any atom is -0.457 e. The standard InChI is InChI=1S/C35H39F3O8S/c1-20-15-22-23-17-25(36)24-16-21(39)10-11-32(24,4)34(23,38)27(40)18-33(22,5)35(20,46-29(42)26-9-8-13-44-26)30(43)47-14-7-6-12-45-28(41)19-31(2,3)37/h8-11,13,16,20,22-23,25,27,40H,12,14-15,17-19H2,1-5H3. The van der Waals surface area contributed by atoms with Crippen LogP contribution in [0.2, 0.25) is 0 Å². The van der Waals surface area contributed by atoms with Gasteiger partial charge >= 0.3 is 11.9 Å². The van der Waals surface area contributed by atoms with E-state index in [2.05, 4.69) is 11.8 Å². The van der Waals surface area contributed by atoms with Crippen LogP contribution in [-0.2, 0) is 23.9 Å². The van der Waals surface area contributed by atoms with Gasteiger partial charge in [-0.25, -0.2) is 18.0 Å². The maximum atomic E-state index is 17.7. The van der Waals surface area contributed by atoms with Crippen LogP contribution in [0.5, 0.6) is 0 Å². The minimum absolute atomic E-state index is 0.0164. The predicted molar refractivity (Wildman–Crippen MR) is 166 cm³/mol. The van der Waals surface area contributed by atoms with Gasteiger partial charge in [-0.2, -0.15) is 0 Å². The van der Waals surface area contributed by atoms with Crippen molar-refractivity contribution in [2.24, 2.45) is 28.6 Å². The van der Waals surface area contributed by atoms with Crippen molar-refractivity contribution < 1.29 is 51.3 Å². The summed E-state index contributed by atoms with van der Waals surface area (Å²) in [6.45, 7) is 7.06. The second-order valence-electron chi connectivity index (χ2n) is 14.1. The largest absolute Gasteiger partial charge is 0.457 e. The number of hydrogen-bond donors (Lipinski definition) is 1. The molecule has 0 saturated heterocycles. The number of esters is 2. The summed E-state index contributed by atoms with van der Waals surface area (Å²) in [7, 11) is 0. The molecule has 3 fully saturated rings. The normalized spacial score (nSPS) is 37.4. The molecule has 0 aliphatic heterocycles. The summed E-state index contributed by atoms with van der Waals surface area (Å²) in [5, 5.41) is 11.1. The van der Waals surface area contributed by atoms with Gasteiger partial charge in [0.2, 0.25) is 10.9 Å². The summed E-state index contributed by atoms with van der Waals surface area (Å²) in [4.78, 5) is 51.7. The van der Waals surface area contributed by atoms with Gasteiger partial charge in [-0.1, -0.05) is 43.5 Å². The SMILES string of the molecule is CC1CC2C3CC(F)C4=CC(=O)C=CC4(C)C3(F)C(O)CC2(C)C1(OC(=O)c1ccco1)C(=O)SCC#CCOC(=O)CC(C)(C)F. The van der Waals surface area contributed by atoms with E-state index in [0.29, 0.717) is 0 Å². The van der Waals surface area contributed by atoms with E-state index in [1.165, 1.54) is 51.3 Å². The van der Waals surface area contributed by atoms with Crippen molar-refractivity contribution >= 4 is 34.6 Å². The van der Waals surface area contributed by atoms with E-state index in [1.54, 1.807) is 13.8 Å². The van der Waals surface area contributed by atoms with E-state index in [0.717, 1.165) is 17.8 Å². The number of allylic oxidation sites excluding steroid dienone is 4. The molecule has 0 amide bonds. The molecule has 1 aromatic heterocycles. The molecule has 9 atom stereocenters. The van der Waals surface area contributed by atoms with E-state index in [4.69, 9.17) is 13.9 Å². The predicted octanol–water partition coefficient (Wildman–Crippen LogP) is 5.68. The molecule has 254 valence electrons. The van der Waals surface area contributed by atoms with Gasteiger partial charge in [-0.05, 0) is 75.8 Å². The molecule has 12 heteroatoms. The van der Waals surface area contributed by atoms with Gasteiger partial charge in [0, 0.05) is 22.7 Å². The third-order valence-corrected chi connectivity index (χ3v) is 11.6. The van der Waals surface area contributed by atoms with Crippen molar-refractivity contribution in [2.75, 3.05) is 12.4 Å². The van der Waals surface area contributed by atoms with Crippen LogP contribution in [0.15, 0.2) is 46.6 Å². The van der Waals surface area contributed by atoms with Crippen molar-refractivity contribution in [1.29, 1.82) is 0 Å². The number of aliphatic hydroxyl groups excluding tert-OH is 1. The summed E-state index contributed by atoms with van der Waals surface area (Å²) >= 11 is 0.758. The van der Waals surface area contributed by atoms with Crippen molar-refractivity contribution in [3.8, 4) is 11.8 Å². The van der Waals surface area contributed by atoms with Crippen molar-refractivity contribution in [1.82, 2.24) is 0 Å². The first-order valence-corrected chi connectivity index (χ1v) is 16.6. The Bertz CT molecular complexity index is 1570. The number of ether oxygens (including phenoxy) is 2. The fraction of sp³-hybridized carbons (Fsp3) is 0.600. The molecule has 0 spiro atoms. The fourth-order valence-corrected chi connectivity index (χ4v) is 9.63. The van der Waals surface area contributed by atoms with Crippen molar-refractivity contribution in [3.63, 3.8) is 0 Å². The molecule has 4 aliphatic rings. The molecule has 5 rings (SSSR count). The highest BCUT2D eigenvalue weighted by Gasteiger charge is 2.78. The Balaban J connectivity index is 1.46. The third-order valence-electron chi connectivity index (χ3n) is 10.7. The minimum atomic E-state index is -2.37. The molecule has 0 radical (unpaired) electrons. The van der Waals surface area contributed by atoms with Crippen LogP contribution >= 0.6 is 11.8 Å². The molecule has 4 aliphatic carbocycles. The van der Waals surface area contributed by atoms with Crippen molar-refractivity contribution in [2.45, 2.75) is 89.5 Å². The zero-order valence-corrected chi connectivity index (χ0v) is 27.8. The highest BCUT2D eigenvalue weighted by Crippen LogP contribution is 2.72. The van der Waals surface area contributed by atoms with Crippen molar-refractivity contribution in [3.05, 3.63) is 48.0 Å². The fourth-order valence-electron chi connectivity index (χ4n) is 8.63. The van der Waals surface area contributed by atoms with Crippen LogP contribution in [0.25, 0.3) is 0 Å². The molecule has 1 heterocycles. The number of thioether (sulfide) groups is 1. The molecular formula is C35H39F3O8S. The van der Waals surface area contributed by atoms with E-state index in [-0.39, 0.29) is 43.0 Å². The number of ketones is 1. The summed E-state index contributed by atoms with van der Waals surface area (Å²) in [5.41, 5.74) is -8.97. The zero-order valence-electron chi connectivity index (χ0n) is 26.9. The molecule has 8 nitrogen and oxygen atoms in total. The van der Waals surface area contributed by atoms with Gasteiger partial charge in [-0.15, -0.1) is 0 Å². The Hall–Kier alpha value is -3.30. The maximum absolute atomic E-state index is 17.7. The maximum Gasteiger partial charge on any atom is 0.375 e. The number of hydrogen-bond acceptors (Lipinski definition) is 9. The van der Waals surface area contributed by atoms with Crippen LogP contribution in [0, 0.1) is 40.4 Å². The zero-order chi connectivity index (χ0) is 34.6. The van der Waals surface area contributed by atoms with Gasteiger partial charge in [0.05, 0.1) is 24.5 Å². The van der Waals surface area contributed by atoms with E-state index >= 15 is 8.78 Å². The first kappa shape index (κ1) is 35.0. The van der Waals surface area contributed by atoms with Gasteiger partial charge in [0.25, 0.3) is 0 Å². The van der Waals surface area contributed by atoms with E-state index in [9.17, 15) is 28.7 Å². The Kier molecular flexibility index (Phi) is 9.16. The van der Waals surface area contributed by atoms with Crippen LogP contribution < -0.4 is 0 Å². The average molecular weight is 677 g/mol. The molecule has 9 unspecified atom stereocenters. The number of alkyl halides is 3. The first-order valence-electron chi connectivity index (χ1n) is 15.6. The number of carbonyl (C=O) groups is 4. The second-order valence-corrected chi connectivity index (χ2v) is 15.0. The molecule has 1 N–H and O–H groups in total. The highest BCUT2D eigenvalue weighted by atomic mass is 32.2. The van der Waals surface area contributed by atoms with Crippen LogP contribution in [0.1, 0.15) is 70.9 Å². The lowest BCUT2D eigenvalue weighted by molar-refractivity contribution is -0.221. The first-order chi connectivity index (χ1) is 21.9. The molecule has 47 heavy (non-hydrogen) atoms. The smallest absolute Gasteiger partial charge is 0.375 e. The molecule has 0 aromatic carbocycles. The van der Waals surface area contributed by atoms with Gasteiger partial charge < -0.3 is 19.0 Å². The molecule has 1 aromatic rings. The van der Waals surface area contributed by atoms with Gasteiger partial charge in [0.15, 0.2) is 23.7 Å². The summed E-state index contributed by atoms with van der Waals surface area (Å²) in [5.74, 6) is 0.482. The van der Waals surface area contributed by atoms with Gasteiger partial charge in [0.1, 0.15) is 11.8 Å². The molecule has 0 bridgehead atoms. The second kappa shape index (κ2) is 12.3. The number of fused-ring (bicyclic) bond motifs is 5. The van der Waals surface area contributed by atoms with E-state index < -0.39 is 87.1 Å². The Morgan fingerprint density at radius 1 is 1.19 bits per heavy atom.